The fourth-order valence-corrected chi connectivity index (χ4v) is 2.98. The first-order valence-electron chi connectivity index (χ1n) is 7.09. The van der Waals surface area contributed by atoms with Gasteiger partial charge in [0, 0.05) is 23.3 Å². The summed E-state index contributed by atoms with van der Waals surface area (Å²) >= 11 is 12.0. The predicted octanol–water partition coefficient (Wildman–Crippen LogP) is 5.66. The molecular formula is C20H14Cl2O. The number of halogens is 2. The summed E-state index contributed by atoms with van der Waals surface area (Å²) in [6.45, 7) is 4.03. The predicted molar refractivity (Wildman–Crippen MR) is 96.8 cm³/mol. The van der Waals surface area contributed by atoms with Crippen LogP contribution in [0.25, 0.3) is 6.08 Å². The molecule has 0 amide bonds. The van der Waals surface area contributed by atoms with E-state index in [2.05, 4.69) is 18.4 Å². The average Bonchev–Trinajstić information content (AvgIpc) is 2.54. The molecule has 2 aromatic rings. The molecule has 3 rings (SSSR count). The van der Waals surface area contributed by atoms with Gasteiger partial charge in [-0.05, 0) is 47.0 Å². The van der Waals surface area contributed by atoms with Crippen molar-refractivity contribution in [2.75, 3.05) is 7.11 Å². The zero-order valence-electron chi connectivity index (χ0n) is 12.6. The van der Waals surface area contributed by atoms with Crippen LogP contribution >= 0.6 is 23.2 Å². The molecule has 1 atom stereocenters. The van der Waals surface area contributed by atoms with Crippen molar-refractivity contribution in [1.29, 1.82) is 0 Å². The van der Waals surface area contributed by atoms with Crippen LogP contribution in [-0.4, -0.2) is 7.11 Å². The van der Waals surface area contributed by atoms with Gasteiger partial charge in [0.2, 0.25) is 0 Å². The maximum atomic E-state index is 6.15. The minimum Gasteiger partial charge on any atom is -0.372 e. The average molecular weight is 341 g/mol. The highest BCUT2D eigenvalue weighted by Crippen LogP contribution is 2.33. The van der Waals surface area contributed by atoms with Crippen molar-refractivity contribution in [3.05, 3.63) is 86.9 Å². The molecule has 23 heavy (non-hydrogen) atoms. The Balaban J connectivity index is 1.97. The Morgan fingerprint density at radius 1 is 1.04 bits per heavy atom. The fourth-order valence-electron chi connectivity index (χ4n) is 2.52. The number of fused-ring (bicyclic) bond motifs is 1. The maximum Gasteiger partial charge on any atom is 0.107 e. The Bertz CT molecular complexity index is 869. The molecule has 0 aliphatic heterocycles. The normalized spacial score (nSPS) is 15.8. The third-order valence-electron chi connectivity index (χ3n) is 3.69. The molecule has 0 N–H and O–H groups in total. The van der Waals surface area contributed by atoms with Crippen LogP contribution in [0.1, 0.15) is 28.4 Å². The van der Waals surface area contributed by atoms with Crippen LogP contribution in [0.15, 0.2) is 54.6 Å². The quantitative estimate of drug-likeness (QED) is 0.608. The summed E-state index contributed by atoms with van der Waals surface area (Å²) in [5, 5.41) is 1.15. The van der Waals surface area contributed by atoms with Crippen LogP contribution in [0.4, 0.5) is 0 Å². The van der Waals surface area contributed by atoms with E-state index in [1.807, 2.05) is 36.4 Å². The van der Waals surface area contributed by atoms with Gasteiger partial charge in [0.05, 0.1) is 5.02 Å². The van der Waals surface area contributed by atoms with Crippen molar-refractivity contribution in [1.82, 2.24) is 0 Å². The molecule has 0 heterocycles. The smallest absolute Gasteiger partial charge is 0.107 e. The molecule has 114 valence electrons. The third-order valence-corrected chi connectivity index (χ3v) is 4.24. The van der Waals surface area contributed by atoms with Crippen LogP contribution in [0.5, 0.6) is 0 Å². The van der Waals surface area contributed by atoms with Crippen molar-refractivity contribution >= 4 is 29.3 Å². The van der Waals surface area contributed by atoms with Crippen LogP contribution in [0, 0.1) is 11.8 Å². The maximum absolute atomic E-state index is 6.15. The van der Waals surface area contributed by atoms with Crippen molar-refractivity contribution < 1.29 is 4.74 Å². The molecule has 1 aliphatic rings. The molecule has 1 unspecified atom stereocenters. The summed E-state index contributed by atoms with van der Waals surface area (Å²) < 4.78 is 5.55. The van der Waals surface area contributed by atoms with Gasteiger partial charge in [-0.2, -0.15) is 0 Å². The molecule has 1 nitrogen and oxygen atoms in total. The van der Waals surface area contributed by atoms with Gasteiger partial charge in [-0.15, -0.1) is 0 Å². The lowest BCUT2D eigenvalue weighted by atomic mass is 9.90. The molecule has 0 bridgehead atoms. The summed E-state index contributed by atoms with van der Waals surface area (Å²) in [6.07, 6.45) is 3.89. The van der Waals surface area contributed by atoms with Gasteiger partial charge in [0.25, 0.3) is 0 Å². The van der Waals surface area contributed by atoms with Gasteiger partial charge in [0.15, 0.2) is 0 Å². The van der Waals surface area contributed by atoms with E-state index in [-0.39, 0.29) is 6.10 Å². The van der Waals surface area contributed by atoms with E-state index in [1.54, 1.807) is 19.2 Å². The monoisotopic (exact) mass is 340 g/mol. The molecule has 0 saturated carbocycles. The van der Waals surface area contributed by atoms with E-state index >= 15 is 0 Å². The molecule has 2 aromatic carbocycles. The van der Waals surface area contributed by atoms with Crippen molar-refractivity contribution in [2.24, 2.45) is 0 Å². The zero-order valence-corrected chi connectivity index (χ0v) is 14.1. The minimum atomic E-state index is -0.129. The summed E-state index contributed by atoms with van der Waals surface area (Å²) in [6, 6.07) is 11.3. The Morgan fingerprint density at radius 3 is 2.61 bits per heavy atom. The number of hydrogen-bond donors (Lipinski definition) is 0. The summed E-state index contributed by atoms with van der Waals surface area (Å²) in [7, 11) is 1.69. The third kappa shape index (κ3) is 3.35. The number of hydrogen-bond acceptors (Lipinski definition) is 1. The molecule has 0 radical (unpaired) electrons. The number of ether oxygens (including phenoxy) is 1. The second-order valence-corrected chi connectivity index (χ2v) is 6.09. The Morgan fingerprint density at radius 2 is 1.87 bits per heavy atom. The molecule has 0 aromatic heterocycles. The highest BCUT2D eigenvalue weighted by Gasteiger charge is 2.19. The van der Waals surface area contributed by atoms with Crippen LogP contribution in [-0.2, 0) is 4.74 Å². The van der Waals surface area contributed by atoms with E-state index in [1.165, 1.54) is 0 Å². The first-order chi connectivity index (χ1) is 11.1. The number of benzene rings is 2. The van der Waals surface area contributed by atoms with E-state index in [0.29, 0.717) is 10.0 Å². The lowest BCUT2D eigenvalue weighted by Gasteiger charge is -2.22. The van der Waals surface area contributed by atoms with Gasteiger partial charge in [0.1, 0.15) is 6.10 Å². The molecule has 1 aliphatic carbocycles. The lowest BCUT2D eigenvalue weighted by molar-refractivity contribution is 0.135. The van der Waals surface area contributed by atoms with Crippen molar-refractivity contribution in [3.63, 3.8) is 0 Å². The van der Waals surface area contributed by atoms with Gasteiger partial charge < -0.3 is 4.74 Å². The topological polar surface area (TPSA) is 9.23 Å². The van der Waals surface area contributed by atoms with Gasteiger partial charge in [-0.1, -0.05) is 59.8 Å². The number of methoxy groups -OCH3 is 1. The lowest BCUT2D eigenvalue weighted by Crippen LogP contribution is -2.08. The molecule has 0 saturated heterocycles. The van der Waals surface area contributed by atoms with Crippen molar-refractivity contribution in [3.8, 4) is 11.8 Å². The minimum absolute atomic E-state index is 0.129. The van der Waals surface area contributed by atoms with Gasteiger partial charge >= 0.3 is 0 Å². The Labute approximate surface area is 146 Å². The van der Waals surface area contributed by atoms with E-state index in [9.17, 15) is 0 Å². The Kier molecular flexibility index (Phi) is 4.59. The number of rotatable bonds is 1. The van der Waals surface area contributed by atoms with Crippen LogP contribution < -0.4 is 0 Å². The summed E-state index contributed by atoms with van der Waals surface area (Å²) in [5.74, 6) is 6.23. The first-order valence-corrected chi connectivity index (χ1v) is 7.85. The van der Waals surface area contributed by atoms with Crippen LogP contribution in [0.3, 0.4) is 0 Å². The standard InChI is InChI=1S/C20H14Cl2O/c1-13-3-6-15-7-4-14(11-18(15)20(13)23-2)5-8-16-9-10-17(21)12-19(16)22/h3-4,6-7,9-12,20H,1H2,2H3. The first kappa shape index (κ1) is 15.9. The van der Waals surface area contributed by atoms with Gasteiger partial charge in [-0.3, -0.25) is 0 Å². The SMILES string of the molecule is C=C1C=Cc2ccc(C#Cc3ccc(Cl)cc3Cl)cc2C1OC. The highest BCUT2D eigenvalue weighted by atomic mass is 35.5. The zero-order chi connectivity index (χ0) is 16.4. The van der Waals surface area contributed by atoms with Crippen molar-refractivity contribution in [2.45, 2.75) is 6.10 Å². The summed E-state index contributed by atoms with van der Waals surface area (Å²) in [4.78, 5) is 0. The fraction of sp³-hybridized carbons (Fsp3) is 0.100. The molecular weight excluding hydrogens is 327 g/mol. The van der Waals surface area contributed by atoms with Gasteiger partial charge in [-0.25, -0.2) is 0 Å². The largest absolute Gasteiger partial charge is 0.372 e. The van der Waals surface area contributed by atoms with E-state index in [0.717, 1.165) is 27.8 Å². The second kappa shape index (κ2) is 6.64. The molecule has 0 spiro atoms. The van der Waals surface area contributed by atoms with E-state index in [4.69, 9.17) is 27.9 Å². The molecule has 3 heteroatoms. The second-order valence-electron chi connectivity index (χ2n) is 5.24. The Hall–Kier alpha value is -1.98. The van der Waals surface area contributed by atoms with E-state index < -0.39 is 0 Å². The summed E-state index contributed by atoms with van der Waals surface area (Å²) in [5.41, 5.74) is 4.79. The molecule has 0 fully saturated rings. The van der Waals surface area contributed by atoms with Crippen LogP contribution in [0.2, 0.25) is 10.0 Å². The highest BCUT2D eigenvalue weighted by molar-refractivity contribution is 6.35.